The van der Waals surface area contributed by atoms with E-state index in [2.05, 4.69) is 0 Å². The average molecular weight is 260 g/mol. The molecule has 0 aromatic heterocycles. The number of rotatable bonds is 3. The van der Waals surface area contributed by atoms with Gasteiger partial charge >= 0.3 is 0 Å². The Balaban J connectivity index is 1.76. The zero-order valence-corrected chi connectivity index (χ0v) is 10.1. The molecule has 1 saturated heterocycles. The Bertz CT molecular complexity index is 549. The van der Waals surface area contributed by atoms with Crippen molar-refractivity contribution in [1.82, 2.24) is 9.80 Å². The first-order chi connectivity index (χ1) is 9.13. The van der Waals surface area contributed by atoms with Crippen molar-refractivity contribution in [2.24, 2.45) is 0 Å². The molecule has 19 heavy (non-hydrogen) atoms. The van der Waals surface area contributed by atoms with Gasteiger partial charge in [0.15, 0.2) is 0 Å². The molecule has 98 valence electrons. The van der Waals surface area contributed by atoms with Gasteiger partial charge in [0.1, 0.15) is 6.54 Å². The molecule has 2 aliphatic rings. The maximum absolute atomic E-state index is 12.0. The number of nitrogens with zero attached hydrogens (tertiary/aromatic N) is 2. The summed E-state index contributed by atoms with van der Waals surface area (Å²) in [4.78, 5) is 38.3. The van der Waals surface area contributed by atoms with Crippen molar-refractivity contribution >= 4 is 17.7 Å². The number of hydrogen-bond acceptors (Lipinski definition) is 4. The number of carbonyl (C=O) groups is 3. The van der Waals surface area contributed by atoms with Gasteiger partial charge in [-0.1, -0.05) is 12.1 Å². The van der Waals surface area contributed by atoms with E-state index < -0.39 is 11.8 Å². The molecule has 0 spiro atoms. The van der Waals surface area contributed by atoms with Crippen molar-refractivity contribution in [1.29, 1.82) is 0 Å². The average Bonchev–Trinajstić information content (AvgIpc) is 3.18. The highest BCUT2D eigenvalue weighted by atomic mass is 16.3. The molecular formula is C13H12N2O4. The molecule has 2 aliphatic heterocycles. The van der Waals surface area contributed by atoms with Crippen LogP contribution in [0.2, 0.25) is 0 Å². The first kappa shape index (κ1) is 11.9. The molecule has 3 rings (SSSR count). The normalized spacial score (nSPS) is 20.8. The van der Waals surface area contributed by atoms with Crippen LogP contribution in [0, 0.1) is 0 Å². The van der Waals surface area contributed by atoms with Crippen LogP contribution in [-0.2, 0) is 4.79 Å². The van der Waals surface area contributed by atoms with Gasteiger partial charge in [-0.05, 0) is 12.1 Å². The first-order valence-corrected chi connectivity index (χ1v) is 5.99. The smallest absolute Gasteiger partial charge is 0.262 e. The monoisotopic (exact) mass is 260 g/mol. The predicted molar refractivity (Wildman–Crippen MR) is 64.4 cm³/mol. The van der Waals surface area contributed by atoms with Gasteiger partial charge in [0.2, 0.25) is 5.91 Å². The fraction of sp³-hybridized carbons (Fsp3) is 0.308. The molecule has 0 radical (unpaired) electrons. The van der Waals surface area contributed by atoms with Crippen molar-refractivity contribution < 1.29 is 19.5 Å². The summed E-state index contributed by atoms with van der Waals surface area (Å²) in [6.07, 6.45) is 0. The van der Waals surface area contributed by atoms with Gasteiger partial charge in [0.25, 0.3) is 11.8 Å². The Labute approximate surface area is 109 Å². The third-order valence-corrected chi connectivity index (χ3v) is 3.42. The van der Waals surface area contributed by atoms with E-state index in [9.17, 15) is 14.4 Å². The maximum Gasteiger partial charge on any atom is 0.262 e. The number of benzene rings is 1. The van der Waals surface area contributed by atoms with Gasteiger partial charge in [-0.25, -0.2) is 0 Å². The number of amides is 3. The minimum atomic E-state index is -0.434. The number of hydrogen-bond donors (Lipinski definition) is 1. The quantitative estimate of drug-likeness (QED) is 0.586. The van der Waals surface area contributed by atoms with Gasteiger partial charge in [0, 0.05) is 6.54 Å². The number of carbonyl (C=O) groups excluding carboxylic acids is 3. The zero-order valence-electron chi connectivity index (χ0n) is 10.1. The predicted octanol–water partition coefficient (Wildman–Crippen LogP) is -0.514. The van der Waals surface area contributed by atoms with Crippen LogP contribution in [0.5, 0.6) is 0 Å². The minimum Gasteiger partial charge on any atom is -0.394 e. The lowest BCUT2D eigenvalue weighted by Gasteiger charge is -2.13. The maximum atomic E-state index is 12.0. The number of aliphatic hydroxyl groups is 1. The summed E-state index contributed by atoms with van der Waals surface area (Å²) in [6, 6.07) is 6.35. The summed E-state index contributed by atoms with van der Waals surface area (Å²) >= 11 is 0. The van der Waals surface area contributed by atoms with E-state index in [1.165, 1.54) is 4.90 Å². The second kappa shape index (κ2) is 4.17. The van der Waals surface area contributed by atoms with Crippen LogP contribution in [0.25, 0.3) is 0 Å². The number of fused-ring (bicyclic) bond motifs is 1. The molecule has 6 nitrogen and oxygen atoms in total. The topological polar surface area (TPSA) is 77.7 Å². The largest absolute Gasteiger partial charge is 0.394 e. The summed E-state index contributed by atoms with van der Waals surface area (Å²) in [5.41, 5.74) is 0.676. The van der Waals surface area contributed by atoms with Crippen LogP contribution >= 0.6 is 0 Å². The molecule has 3 amide bonds. The zero-order chi connectivity index (χ0) is 13.6. The van der Waals surface area contributed by atoms with E-state index in [1.807, 2.05) is 0 Å². The van der Waals surface area contributed by atoms with Crippen molar-refractivity contribution in [2.45, 2.75) is 6.04 Å². The molecule has 1 unspecified atom stereocenters. The second-order valence-electron chi connectivity index (χ2n) is 4.62. The summed E-state index contributed by atoms with van der Waals surface area (Å²) in [6.45, 7) is 0.134. The SMILES string of the molecule is O=C1c2ccccc2C(=O)N1CC(=O)N1CC1CO. The van der Waals surface area contributed by atoms with Gasteiger partial charge < -0.3 is 10.0 Å². The minimum absolute atomic E-state index is 0.0894. The molecule has 0 bridgehead atoms. The lowest BCUT2D eigenvalue weighted by molar-refractivity contribution is -0.126. The third kappa shape index (κ3) is 1.80. The summed E-state index contributed by atoms with van der Waals surface area (Å²) < 4.78 is 0. The fourth-order valence-corrected chi connectivity index (χ4v) is 2.25. The molecule has 1 fully saturated rings. The lowest BCUT2D eigenvalue weighted by atomic mass is 10.1. The van der Waals surface area contributed by atoms with Crippen LogP contribution in [0.3, 0.4) is 0 Å². The molecule has 1 N–H and O–H groups in total. The molecular weight excluding hydrogens is 248 g/mol. The summed E-state index contributed by atoms with van der Waals surface area (Å²) in [7, 11) is 0. The van der Waals surface area contributed by atoms with Gasteiger partial charge in [-0.2, -0.15) is 0 Å². The Morgan fingerprint density at radius 1 is 1.21 bits per heavy atom. The van der Waals surface area contributed by atoms with Crippen molar-refractivity contribution in [2.75, 3.05) is 19.7 Å². The Kier molecular flexibility index (Phi) is 2.60. The molecule has 1 atom stereocenters. The van der Waals surface area contributed by atoms with Crippen LogP contribution < -0.4 is 0 Å². The van der Waals surface area contributed by atoms with Gasteiger partial charge in [0.05, 0.1) is 23.8 Å². The summed E-state index contributed by atoms with van der Waals surface area (Å²) in [5, 5.41) is 8.89. The molecule has 2 heterocycles. The standard InChI is InChI=1S/C13H12N2O4/c16-7-8-5-14(8)11(17)6-15-12(18)9-3-1-2-4-10(9)13(15)19/h1-4,8,16H,5-7H2. The first-order valence-electron chi connectivity index (χ1n) is 5.99. The fourth-order valence-electron chi connectivity index (χ4n) is 2.25. The van der Waals surface area contributed by atoms with E-state index in [1.54, 1.807) is 24.3 Å². The van der Waals surface area contributed by atoms with Crippen molar-refractivity contribution in [3.05, 3.63) is 35.4 Å². The Morgan fingerprint density at radius 3 is 2.26 bits per heavy atom. The highest BCUT2D eigenvalue weighted by molar-refractivity contribution is 6.22. The van der Waals surface area contributed by atoms with E-state index in [0.29, 0.717) is 17.7 Å². The van der Waals surface area contributed by atoms with Gasteiger partial charge in [-0.15, -0.1) is 0 Å². The Morgan fingerprint density at radius 2 is 1.79 bits per heavy atom. The molecule has 6 heteroatoms. The van der Waals surface area contributed by atoms with Crippen LogP contribution in [0.1, 0.15) is 20.7 Å². The highest BCUT2D eigenvalue weighted by Crippen LogP contribution is 2.24. The van der Waals surface area contributed by atoms with E-state index in [-0.39, 0.29) is 25.1 Å². The highest BCUT2D eigenvalue weighted by Gasteiger charge is 2.42. The Hall–Kier alpha value is -2.21. The molecule has 0 aliphatic carbocycles. The van der Waals surface area contributed by atoms with Crippen LogP contribution in [0.15, 0.2) is 24.3 Å². The number of aliphatic hydroxyl groups excluding tert-OH is 1. The summed E-state index contributed by atoms with van der Waals surface area (Å²) in [5.74, 6) is -1.18. The van der Waals surface area contributed by atoms with E-state index in [4.69, 9.17) is 5.11 Å². The second-order valence-corrected chi connectivity index (χ2v) is 4.62. The lowest BCUT2D eigenvalue weighted by Crippen LogP contribution is -2.37. The van der Waals surface area contributed by atoms with Crippen LogP contribution in [0.4, 0.5) is 0 Å². The van der Waals surface area contributed by atoms with Crippen molar-refractivity contribution in [3.8, 4) is 0 Å². The van der Waals surface area contributed by atoms with E-state index in [0.717, 1.165) is 4.90 Å². The van der Waals surface area contributed by atoms with Crippen LogP contribution in [-0.4, -0.2) is 58.4 Å². The van der Waals surface area contributed by atoms with Crippen molar-refractivity contribution in [3.63, 3.8) is 0 Å². The number of imide groups is 1. The molecule has 1 aromatic carbocycles. The van der Waals surface area contributed by atoms with E-state index >= 15 is 0 Å². The molecule has 1 aromatic rings. The third-order valence-electron chi connectivity index (χ3n) is 3.42. The molecule has 0 saturated carbocycles. The van der Waals surface area contributed by atoms with Gasteiger partial charge in [-0.3, -0.25) is 19.3 Å².